The molecule has 0 saturated heterocycles. The summed E-state index contributed by atoms with van der Waals surface area (Å²) in [5.74, 6) is -0.382. The summed E-state index contributed by atoms with van der Waals surface area (Å²) in [6.45, 7) is 4.17. The number of hydrogen-bond donors (Lipinski definition) is 4. The fourth-order valence-corrected chi connectivity index (χ4v) is 4.88. The minimum Gasteiger partial charge on any atom is -0.393 e. The summed E-state index contributed by atoms with van der Waals surface area (Å²) in [5.41, 5.74) is 1.11. The fourth-order valence-electron chi connectivity index (χ4n) is 2.52. The minimum atomic E-state index is -0.464. The second kappa shape index (κ2) is 12.6. The summed E-state index contributed by atoms with van der Waals surface area (Å²) >= 11 is 0. The minimum absolute atomic E-state index is 0.191. The van der Waals surface area contributed by atoms with E-state index in [-0.39, 0.29) is 11.8 Å². The molecule has 6 nitrogen and oxygen atoms in total. The van der Waals surface area contributed by atoms with Gasteiger partial charge in [-0.25, -0.2) is 0 Å². The number of amides is 2. The number of hydrogen-bond acceptors (Lipinski definition) is 6. The molecule has 30 heavy (non-hydrogen) atoms. The van der Waals surface area contributed by atoms with Crippen LogP contribution in [0.15, 0.2) is 58.3 Å². The average Bonchev–Trinajstić information content (AvgIpc) is 2.72. The van der Waals surface area contributed by atoms with E-state index in [2.05, 4.69) is 10.6 Å². The SMILES string of the molecule is CC(O)CCNC(=O)c1ccccc1SSc1ccccc1C(=O)NCCC(C)O. The molecule has 2 atom stereocenters. The Morgan fingerprint density at radius 2 is 1.13 bits per heavy atom. The molecule has 0 aliphatic heterocycles. The molecule has 0 saturated carbocycles. The molecule has 162 valence electrons. The van der Waals surface area contributed by atoms with Gasteiger partial charge in [0.1, 0.15) is 0 Å². The zero-order valence-corrected chi connectivity index (χ0v) is 18.8. The zero-order chi connectivity index (χ0) is 21.9. The number of nitrogens with one attached hydrogen (secondary N) is 2. The number of carbonyl (C=O) groups excluding carboxylic acids is 2. The number of carbonyl (C=O) groups is 2. The van der Waals surface area contributed by atoms with Crippen molar-refractivity contribution in [3.8, 4) is 0 Å². The van der Waals surface area contributed by atoms with Crippen LogP contribution >= 0.6 is 21.6 Å². The monoisotopic (exact) mass is 448 g/mol. The second-order valence-corrected chi connectivity index (χ2v) is 9.16. The molecular formula is C22H28N2O4S2. The number of aliphatic hydroxyl groups is 2. The summed E-state index contributed by atoms with van der Waals surface area (Å²) in [6.07, 6.45) is 0.0585. The first-order valence-corrected chi connectivity index (χ1v) is 12.0. The molecule has 0 bridgehead atoms. The number of rotatable bonds is 11. The Morgan fingerprint density at radius 1 is 0.767 bits per heavy atom. The Bertz CT molecular complexity index is 774. The molecule has 0 spiro atoms. The normalized spacial score (nSPS) is 12.8. The van der Waals surface area contributed by atoms with E-state index in [1.54, 1.807) is 26.0 Å². The van der Waals surface area contributed by atoms with Gasteiger partial charge in [0, 0.05) is 22.9 Å². The van der Waals surface area contributed by atoms with E-state index in [1.165, 1.54) is 21.6 Å². The van der Waals surface area contributed by atoms with Crippen molar-refractivity contribution in [2.24, 2.45) is 0 Å². The molecular weight excluding hydrogens is 420 g/mol. The Kier molecular flexibility index (Phi) is 10.2. The maximum atomic E-state index is 12.5. The average molecular weight is 449 g/mol. The van der Waals surface area contributed by atoms with E-state index >= 15 is 0 Å². The molecule has 0 radical (unpaired) electrons. The van der Waals surface area contributed by atoms with Crippen LogP contribution in [-0.4, -0.2) is 47.3 Å². The lowest BCUT2D eigenvalue weighted by Crippen LogP contribution is -2.27. The molecule has 0 aliphatic carbocycles. The molecule has 0 heterocycles. The van der Waals surface area contributed by atoms with Crippen LogP contribution in [0.4, 0.5) is 0 Å². The summed E-state index contributed by atoms with van der Waals surface area (Å²) in [7, 11) is 2.83. The van der Waals surface area contributed by atoms with Crippen molar-refractivity contribution in [1.82, 2.24) is 10.6 Å². The molecule has 8 heteroatoms. The summed E-state index contributed by atoms with van der Waals surface area (Å²) in [5, 5.41) is 24.3. The van der Waals surface area contributed by atoms with Gasteiger partial charge in [0.05, 0.1) is 23.3 Å². The first-order chi connectivity index (χ1) is 14.4. The van der Waals surface area contributed by atoms with Crippen molar-refractivity contribution in [1.29, 1.82) is 0 Å². The molecule has 0 fully saturated rings. The maximum absolute atomic E-state index is 12.5. The van der Waals surface area contributed by atoms with Gasteiger partial charge in [-0.15, -0.1) is 0 Å². The van der Waals surface area contributed by atoms with Gasteiger partial charge in [-0.05, 0) is 51.0 Å². The van der Waals surface area contributed by atoms with Crippen molar-refractivity contribution >= 4 is 33.4 Å². The predicted molar refractivity (Wildman–Crippen MR) is 122 cm³/mol. The van der Waals surface area contributed by atoms with Gasteiger partial charge in [0.15, 0.2) is 0 Å². The van der Waals surface area contributed by atoms with Gasteiger partial charge in [0.2, 0.25) is 0 Å². The highest BCUT2D eigenvalue weighted by Gasteiger charge is 2.15. The number of benzene rings is 2. The van der Waals surface area contributed by atoms with Crippen LogP contribution in [0.5, 0.6) is 0 Å². The molecule has 2 aromatic rings. The van der Waals surface area contributed by atoms with E-state index in [0.717, 1.165) is 9.79 Å². The first-order valence-electron chi connectivity index (χ1n) is 9.83. The van der Waals surface area contributed by atoms with Gasteiger partial charge >= 0.3 is 0 Å². The molecule has 4 N–H and O–H groups in total. The third-order valence-electron chi connectivity index (χ3n) is 4.18. The Hall–Kier alpha value is -2.00. The van der Waals surface area contributed by atoms with Crippen LogP contribution in [0.2, 0.25) is 0 Å². The fraction of sp³-hybridized carbons (Fsp3) is 0.364. The molecule has 0 aromatic heterocycles. The van der Waals surface area contributed by atoms with E-state index in [9.17, 15) is 19.8 Å². The van der Waals surface area contributed by atoms with Crippen molar-refractivity contribution in [2.75, 3.05) is 13.1 Å². The first kappa shape index (κ1) is 24.3. The lowest BCUT2D eigenvalue weighted by atomic mass is 10.2. The lowest BCUT2D eigenvalue weighted by Gasteiger charge is -2.12. The zero-order valence-electron chi connectivity index (χ0n) is 17.1. The van der Waals surface area contributed by atoms with Gasteiger partial charge in [0.25, 0.3) is 11.8 Å². The van der Waals surface area contributed by atoms with Crippen molar-refractivity contribution in [2.45, 2.75) is 48.7 Å². The van der Waals surface area contributed by atoms with Gasteiger partial charge in [-0.1, -0.05) is 45.9 Å². The highest BCUT2D eigenvalue weighted by atomic mass is 33.1. The summed E-state index contributed by atoms with van der Waals surface area (Å²) < 4.78 is 0. The molecule has 2 amide bonds. The van der Waals surface area contributed by atoms with Gasteiger partial charge in [-0.2, -0.15) is 0 Å². The smallest absolute Gasteiger partial charge is 0.252 e. The van der Waals surface area contributed by atoms with Crippen LogP contribution in [0, 0.1) is 0 Å². The van der Waals surface area contributed by atoms with Gasteiger partial charge < -0.3 is 20.8 Å². The second-order valence-electron chi connectivity index (χ2n) is 6.95. The van der Waals surface area contributed by atoms with Crippen LogP contribution in [0.25, 0.3) is 0 Å². The van der Waals surface area contributed by atoms with Crippen LogP contribution in [0.3, 0.4) is 0 Å². The summed E-state index contributed by atoms with van der Waals surface area (Å²) in [4.78, 5) is 26.6. The molecule has 0 aliphatic rings. The standard InChI is InChI=1S/C22H28N2O4S2/c1-15(25)11-13-23-21(27)17-7-3-5-9-19(17)29-30-20-10-6-4-8-18(20)22(28)24-14-12-16(2)26/h3-10,15-16,25-26H,11-14H2,1-2H3,(H,23,27)(H,24,28). The van der Waals surface area contributed by atoms with Crippen molar-refractivity contribution in [3.05, 3.63) is 59.7 Å². The van der Waals surface area contributed by atoms with Crippen molar-refractivity contribution in [3.63, 3.8) is 0 Å². The predicted octanol–water partition coefficient (Wildman–Crippen LogP) is 3.49. The number of aliphatic hydroxyl groups excluding tert-OH is 2. The molecule has 2 unspecified atom stereocenters. The highest BCUT2D eigenvalue weighted by molar-refractivity contribution is 8.76. The van der Waals surface area contributed by atoms with E-state index in [0.29, 0.717) is 37.1 Å². The van der Waals surface area contributed by atoms with Crippen molar-refractivity contribution < 1.29 is 19.8 Å². The Morgan fingerprint density at radius 3 is 1.50 bits per heavy atom. The van der Waals surface area contributed by atoms with E-state index in [4.69, 9.17) is 0 Å². The van der Waals surface area contributed by atoms with Crippen LogP contribution in [-0.2, 0) is 0 Å². The van der Waals surface area contributed by atoms with Crippen LogP contribution < -0.4 is 10.6 Å². The van der Waals surface area contributed by atoms with Crippen LogP contribution in [0.1, 0.15) is 47.4 Å². The van der Waals surface area contributed by atoms with E-state index in [1.807, 2.05) is 36.4 Å². The maximum Gasteiger partial charge on any atom is 0.252 e. The quantitative estimate of drug-likeness (QED) is 0.393. The highest BCUT2D eigenvalue weighted by Crippen LogP contribution is 2.40. The summed E-state index contributed by atoms with van der Waals surface area (Å²) in [6, 6.07) is 14.6. The third kappa shape index (κ3) is 8.02. The topological polar surface area (TPSA) is 98.7 Å². The Balaban J connectivity index is 2.04. The molecule has 2 rings (SSSR count). The Labute approximate surface area is 185 Å². The van der Waals surface area contributed by atoms with E-state index < -0.39 is 12.2 Å². The third-order valence-corrected chi connectivity index (χ3v) is 6.66. The van der Waals surface area contributed by atoms with Gasteiger partial charge in [-0.3, -0.25) is 9.59 Å². The molecule has 2 aromatic carbocycles. The largest absolute Gasteiger partial charge is 0.393 e. The lowest BCUT2D eigenvalue weighted by molar-refractivity contribution is 0.0933.